The maximum atomic E-state index is 4.13. The largest absolute Gasteiger partial charge is 0.344 e. The van der Waals surface area contributed by atoms with Crippen LogP contribution in [0.4, 0.5) is 0 Å². The summed E-state index contributed by atoms with van der Waals surface area (Å²) in [6.07, 6.45) is 9.75. The summed E-state index contributed by atoms with van der Waals surface area (Å²) in [5.41, 5.74) is 5.30. The van der Waals surface area contributed by atoms with Crippen molar-refractivity contribution in [2.45, 2.75) is 25.3 Å². The third kappa shape index (κ3) is 3.73. The van der Waals surface area contributed by atoms with Crippen LogP contribution in [0.25, 0.3) is 22.0 Å². The number of benzene rings is 1. The highest BCUT2D eigenvalue weighted by Gasteiger charge is 2.25. The van der Waals surface area contributed by atoms with Gasteiger partial charge in [0, 0.05) is 54.2 Å². The molecular formula is C20H24N4S. The number of pyridine rings is 1. The first-order valence-corrected chi connectivity index (χ1v) is 9.61. The molecule has 2 aromatic heterocycles. The lowest BCUT2D eigenvalue weighted by Gasteiger charge is -2.08. The number of fused-ring (bicyclic) bond motifs is 1. The van der Waals surface area contributed by atoms with E-state index in [9.17, 15) is 0 Å². The van der Waals surface area contributed by atoms with Gasteiger partial charge in [-0.15, -0.1) is 0 Å². The average Bonchev–Trinajstić information content (AvgIpc) is 3.41. The molecule has 2 heterocycles. The molecule has 25 heavy (non-hydrogen) atoms. The average molecular weight is 353 g/mol. The van der Waals surface area contributed by atoms with Crippen LogP contribution in [0.1, 0.15) is 24.4 Å². The van der Waals surface area contributed by atoms with E-state index in [0.717, 1.165) is 13.0 Å². The van der Waals surface area contributed by atoms with Crippen molar-refractivity contribution in [3.8, 4) is 11.1 Å². The minimum absolute atomic E-state index is 0.688. The molecule has 0 saturated heterocycles. The normalized spacial score (nSPS) is 14.5. The topological polar surface area (TPSA) is 33.1 Å². The van der Waals surface area contributed by atoms with Crippen LogP contribution in [0.15, 0.2) is 48.9 Å². The van der Waals surface area contributed by atoms with Crippen LogP contribution in [0, 0.1) is 0 Å². The van der Waals surface area contributed by atoms with Gasteiger partial charge in [-0.2, -0.15) is 0 Å². The second kappa shape index (κ2) is 7.20. The van der Waals surface area contributed by atoms with E-state index in [4.69, 9.17) is 0 Å². The first-order valence-electron chi connectivity index (χ1n) is 8.83. The van der Waals surface area contributed by atoms with Crippen LogP contribution in [0.2, 0.25) is 0 Å². The molecule has 1 N–H and O–H groups in total. The van der Waals surface area contributed by atoms with Crippen molar-refractivity contribution < 1.29 is 0 Å². The Morgan fingerprint density at radius 2 is 1.96 bits per heavy atom. The summed E-state index contributed by atoms with van der Waals surface area (Å²) < 4.78 is 7.99. The predicted molar refractivity (Wildman–Crippen MR) is 106 cm³/mol. The molecule has 0 aliphatic heterocycles. The monoisotopic (exact) mass is 352 g/mol. The maximum Gasteiger partial charge on any atom is 0.0491 e. The predicted octanol–water partition coefficient (Wildman–Crippen LogP) is 4.30. The fraction of sp³-hybridized carbons (Fsp3) is 0.350. The van der Waals surface area contributed by atoms with E-state index in [0.29, 0.717) is 6.04 Å². The van der Waals surface area contributed by atoms with Gasteiger partial charge in [-0.3, -0.25) is 9.71 Å². The van der Waals surface area contributed by atoms with Gasteiger partial charge in [0.15, 0.2) is 0 Å². The van der Waals surface area contributed by atoms with Gasteiger partial charge in [0.25, 0.3) is 0 Å². The Labute approximate surface area is 153 Å². The number of aromatic nitrogens is 2. The smallest absolute Gasteiger partial charge is 0.0491 e. The van der Waals surface area contributed by atoms with Crippen LogP contribution in [0.5, 0.6) is 0 Å². The van der Waals surface area contributed by atoms with Crippen LogP contribution in [-0.4, -0.2) is 34.5 Å². The van der Waals surface area contributed by atoms with Gasteiger partial charge in [-0.25, -0.2) is 4.31 Å². The quantitative estimate of drug-likeness (QED) is 0.508. The van der Waals surface area contributed by atoms with Crippen LogP contribution >= 0.6 is 12.1 Å². The fourth-order valence-electron chi connectivity index (χ4n) is 3.26. The van der Waals surface area contributed by atoms with Crippen molar-refractivity contribution in [1.29, 1.82) is 0 Å². The van der Waals surface area contributed by atoms with E-state index >= 15 is 0 Å². The number of nitrogens with zero attached hydrogens (tertiary/aromatic N) is 3. The highest BCUT2D eigenvalue weighted by Crippen LogP contribution is 2.40. The van der Waals surface area contributed by atoms with E-state index in [1.165, 1.54) is 40.4 Å². The van der Waals surface area contributed by atoms with E-state index in [1.54, 1.807) is 12.1 Å². The van der Waals surface area contributed by atoms with E-state index in [2.05, 4.69) is 69.2 Å². The molecule has 0 radical (unpaired) electrons. The van der Waals surface area contributed by atoms with Gasteiger partial charge in [0.05, 0.1) is 0 Å². The molecule has 1 aliphatic carbocycles. The molecule has 4 nitrogen and oxygen atoms in total. The SMILES string of the molecule is CN(C)SNCCc1cn(C2CC2)c2cc(-c3ccncc3)ccc12. The van der Waals surface area contributed by atoms with Crippen molar-refractivity contribution in [1.82, 2.24) is 18.6 Å². The van der Waals surface area contributed by atoms with Crippen molar-refractivity contribution in [3.05, 3.63) is 54.5 Å². The van der Waals surface area contributed by atoms with Crippen LogP contribution in [0.3, 0.4) is 0 Å². The Bertz CT molecular complexity index is 853. The van der Waals surface area contributed by atoms with Crippen molar-refractivity contribution >= 4 is 23.0 Å². The lowest BCUT2D eigenvalue weighted by atomic mass is 10.0. The Balaban J connectivity index is 1.64. The number of rotatable bonds is 7. The molecule has 0 atom stereocenters. The Morgan fingerprint density at radius 1 is 1.16 bits per heavy atom. The molecule has 0 spiro atoms. The summed E-state index contributed by atoms with van der Waals surface area (Å²) in [4.78, 5) is 4.13. The van der Waals surface area contributed by atoms with Gasteiger partial charge in [0.1, 0.15) is 0 Å². The zero-order chi connectivity index (χ0) is 17.2. The Kier molecular flexibility index (Phi) is 4.79. The Hall–Kier alpha value is -1.82. The van der Waals surface area contributed by atoms with Crippen molar-refractivity contribution in [2.75, 3.05) is 20.6 Å². The molecule has 3 aromatic rings. The summed E-state index contributed by atoms with van der Waals surface area (Å²) >= 11 is 1.65. The summed E-state index contributed by atoms with van der Waals surface area (Å²) in [6, 6.07) is 11.7. The van der Waals surface area contributed by atoms with Crippen LogP contribution < -0.4 is 4.72 Å². The molecule has 0 amide bonds. The minimum atomic E-state index is 0.688. The molecule has 1 aliphatic rings. The van der Waals surface area contributed by atoms with Gasteiger partial charge >= 0.3 is 0 Å². The molecule has 5 heteroatoms. The minimum Gasteiger partial charge on any atom is -0.344 e. The lowest BCUT2D eigenvalue weighted by Crippen LogP contribution is -2.15. The molecular weight excluding hydrogens is 328 g/mol. The fourth-order valence-corrected chi connectivity index (χ4v) is 3.71. The van der Waals surface area contributed by atoms with E-state index < -0.39 is 0 Å². The van der Waals surface area contributed by atoms with Crippen LogP contribution in [-0.2, 0) is 6.42 Å². The summed E-state index contributed by atoms with van der Waals surface area (Å²) in [5.74, 6) is 0. The lowest BCUT2D eigenvalue weighted by molar-refractivity contribution is 0.690. The molecule has 4 rings (SSSR count). The Morgan fingerprint density at radius 3 is 2.68 bits per heavy atom. The number of hydrogen-bond acceptors (Lipinski definition) is 4. The highest BCUT2D eigenvalue weighted by molar-refractivity contribution is 7.95. The standard InChI is InChI=1S/C20H24N4S/c1-23(2)25-22-12-9-17-14-24(18-4-5-18)20-13-16(3-6-19(17)20)15-7-10-21-11-8-15/h3,6-8,10-11,13-14,18,22H,4-5,9,12H2,1-2H3. The highest BCUT2D eigenvalue weighted by atomic mass is 32.2. The van der Waals surface area contributed by atoms with Crippen molar-refractivity contribution in [2.24, 2.45) is 0 Å². The molecule has 0 bridgehead atoms. The maximum absolute atomic E-state index is 4.13. The first-order chi connectivity index (χ1) is 12.2. The van der Waals surface area contributed by atoms with Gasteiger partial charge in [-0.1, -0.05) is 12.1 Å². The summed E-state index contributed by atoms with van der Waals surface area (Å²) in [7, 11) is 4.11. The van der Waals surface area contributed by atoms with Gasteiger partial charge in [0.2, 0.25) is 0 Å². The molecule has 1 fully saturated rings. The zero-order valence-electron chi connectivity index (χ0n) is 14.8. The van der Waals surface area contributed by atoms with Gasteiger partial charge in [-0.05, 0) is 68.2 Å². The number of nitrogens with one attached hydrogen (secondary N) is 1. The molecule has 0 unspecified atom stereocenters. The molecule has 130 valence electrons. The van der Waals surface area contributed by atoms with E-state index in [-0.39, 0.29) is 0 Å². The second-order valence-corrected chi connectivity index (χ2v) is 8.01. The second-order valence-electron chi connectivity index (χ2n) is 6.81. The summed E-state index contributed by atoms with van der Waals surface area (Å²) in [6.45, 7) is 0.971. The van der Waals surface area contributed by atoms with Crippen molar-refractivity contribution in [3.63, 3.8) is 0 Å². The molecule has 1 aromatic carbocycles. The van der Waals surface area contributed by atoms with E-state index in [1.807, 2.05) is 12.4 Å². The number of hydrogen-bond donors (Lipinski definition) is 1. The first kappa shape index (κ1) is 16.6. The molecule has 1 saturated carbocycles. The zero-order valence-corrected chi connectivity index (χ0v) is 15.6. The van der Waals surface area contributed by atoms with Gasteiger partial charge < -0.3 is 4.57 Å². The summed E-state index contributed by atoms with van der Waals surface area (Å²) in [5, 5.41) is 1.39. The third-order valence-electron chi connectivity index (χ3n) is 4.61. The third-order valence-corrected chi connectivity index (χ3v) is 5.31.